The van der Waals surface area contributed by atoms with E-state index in [2.05, 4.69) is 5.32 Å². The molecule has 1 aromatic rings. The minimum atomic E-state index is -0.332. The lowest BCUT2D eigenvalue weighted by atomic mass is 10.0. The highest BCUT2D eigenvalue weighted by Gasteiger charge is 2.11. The monoisotopic (exact) mass is 241 g/mol. The first-order chi connectivity index (χ1) is 8.22. The molecule has 3 nitrogen and oxygen atoms in total. The van der Waals surface area contributed by atoms with Crippen LogP contribution in [0.3, 0.4) is 0 Å². The van der Waals surface area contributed by atoms with Gasteiger partial charge in [0.25, 0.3) is 0 Å². The molecule has 0 spiro atoms. The molecule has 17 heavy (non-hydrogen) atoms. The molecule has 0 saturated heterocycles. The summed E-state index contributed by atoms with van der Waals surface area (Å²) >= 11 is 0. The molecule has 0 saturated carbocycles. The molecular formula is C13H20FNO2. The van der Waals surface area contributed by atoms with Gasteiger partial charge >= 0.3 is 0 Å². The van der Waals surface area contributed by atoms with Crippen molar-refractivity contribution in [2.24, 2.45) is 0 Å². The summed E-state index contributed by atoms with van der Waals surface area (Å²) in [5.74, 6) is -0.0601. The summed E-state index contributed by atoms with van der Waals surface area (Å²) < 4.78 is 23.7. The molecule has 0 amide bonds. The first-order valence-electron chi connectivity index (χ1n) is 5.81. The van der Waals surface area contributed by atoms with Crippen LogP contribution in [-0.4, -0.2) is 27.4 Å². The lowest BCUT2D eigenvalue weighted by Gasteiger charge is -2.17. The Kier molecular flexibility index (Phi) is 5.94. The Morgan fingerprint density at radius 3 is 2.71 bits per heavy atom. The van der Waals surface area contributed by atoms with Crippen LogP contribution < -0.4 is 10.1 Å². The van der Waals surface area contributed by atoms with Gasteiger partial charge in [-0.25, -0.2) is 4.39 Å². The van der Waals surface area contributed by atoms with Crippen molar-refractivity contribution in [2.45, 2.75) is 19.4 Å². The van der Waals surface area contributed by atoms with Crippen LogP contribution in [-0.2, 0) is 4.74 Å². The number of ether oxygens (including phenoxy) is 2. The van der Waals surface area contributed by atoms with Crippen molar-refractivity contribution in [3.8, 4) is 5.75 Å². The predicted molar refractivity (Wildman–Crippen MR) is 65.9 cm³/mol. The molecule has 1 N–H and O–H groups in total. The van der Waals surface area contributed by atoms with Gasteiger partial charge in [-0.2, -0.15) is 0 Å². The summed E-state index contributed by atoms with van der Waals surface area (Å²) in [6, 6.07) is 5.12. The second kappa shape index (κ2) is 7.25. The molecule has 0 aromatic heterocycles. The van der Waals surface area contributed by atoms with E-state index in [4.69, 9.17) is 9.47 Å². The lowest BCUT2D eigenvalue weighted by molar-refractivity contribution is 0.137. The maximum absolute atomic E-state index is 13.6. The molecule has 0 aliphatic rings. The van der Waals surface area contributed by atoms with E-state index in [1.54, 1.807) is 6.07 Å². The molecule has 0 bridgehead atoms. The molecule has 0 fully saturated rings. The van der Waals surface area contributed by atoms with Crippen LogP contribution in [0.4, 0.5) is 4.39 Å². The number of rotatable bonds is 7. The summed E-state index contributed by atoms with van der Waals surface area (Å²) in [6.45, 7) is 3.32. The van der Waals surface area contributed by atoms with E-state index in [1.165, 1.54) is 13.2 Å². The average Bonchev–Trinajstić information content (AvgIpc) is 2.35. The lowest BCUT2D eigenvalue weighted by Crippen LogP contribution is -2.18. The van der Waals surface area contributed by atoms with Crippen molar-refractivity contribution in [3.63, 3.8) is 0 Å². The zero-order valence-corrected chi connectivity index (χ0v) is 10.6. The largest absolute Gasteiger partial charge is 0.494 e. The Balaban J connectivity index is 2.71. The maximum Gasteiger partial charge on any atom is 0.165 e. The molecule has 4 heteroatoms. The minimum Gasteiger partial charge on any atom is -0.494 e. The predicted octanol–water partition coefficient (Wildman–Crippen LogP) is 2.52. The Morgan fingerprint density at radius 2 is 2.18 bits per heavy atom. The zero-order valence-electron chi connectivity index (χ0n) is 10.6. The molecule has 96 valence electrons. The Hall–Kier alpha value is -1.13. The highest BCUT2D eigenvalue weighted by atomic mass is 19.1. The topological polar surface area (TPSA) is 30.5 Å². The smallest absolute Gasteiger partial charge is 0.165 e. The van der Waals surface area contributed by atoms with Crippen molar-refractivity contribution in [3.05, 3.63) is 29.6 Å². The Bertz CT molecular complexity index is 344. The number of hydrogen-bond acceptors (Lipinski definition) is 3. The summed E-state index contributed by atoms with van der Waals surface area (Å²) in [7, 11) is 3.32. The van der Waals surface area contributed by atoms with Gasteiger partial charge in [-0.1, -0.05) is 6.07 Å². The molecule has 0 aliphatic heterocycles. The number of nitrogens with one attached hydrogen (secondary N) is 1. The van der Waals surface area contributed by atoms with Gasteiger partial charge < -0.3 is 14.8 Å². The number of hydrogen-bond donors (Lipinski definition) is 1. The number of benzene rings is 1. The van der Waals surface area contributed by atoms with E-state index in [-0.39, 0.29) is 17.6 Å². The van der Waals surface area contributed by atoms with Gasteiger partial charge in [0.1, 0.15) is 0 Å². The van der Waals surface area contributed by atoms with Crippen molar-refractivity contribution in [1.82, 2.24) is 5.32 Å². The van der Waals surface area contributed by atoms with Gasteiger partial charge in [0.05, 0.1) is 7.11 Å². The maximum atomic E-state index is 13.6. The quantitative estimate of drug-likeness (QED) is 0.744. The average molecular weight is 241 g/mol. The fraction of sp³-hybridized carbons (Fsp3) is 0.538. The van der Waals surface area contributed by atoms with E-state index < -0.39 is 0 Å². The summed E-state index contributed by atoms with van der Waals surface area (Å²) in [5, 5.41) is 3.15. The van der Waals surface area contributed by atoms with E-state index in [9.17, 15) is 4.39 Å². The van der Waals surface area contributed by atoms with Gasteiger partial charge in [-0.15, -0.1) is 0 Å². The van der Waals surface area contributed by atoms with E-state index in [1.807, 2.05) is 20.0 Å². The number of methoxy groups -OCH3 is 1. The first-order valence-corrected chi connectivity index (χ1v) is 5.81. The van der Waals surface area contributed by atoms with Gasteiger partial charge in [0, 0.05) is 19.3 Å². The highest BCUT2D eigenvalue weighted by molar-refractivity contribution is 5.31. The fourth-order valence-corrected chi connectivity index (χ4v) is 1.72. The van der Waals surface area contributed by atoms with Gasteiger partial charge in [-0.3, -0.25) is 0 Å². The van der Waals surface area contributed by atoms with Crippen LogP contribution >= 0.6 is 0 Å². The summed E-state index contributed by atoms with van der Waals surface area (Å²) in [4.78, 5) is 0. The SMILES string of the molecule is CCOCCC(NC)c1ccc(OC)c(F)c1. The molecule has 0 aliphatic carbocycles. The highest BCUT2D eigenvalue weighted by Crippen LogP contribution is 2.23. The van der Waals surface area contributed by atoms with Gasteiger partial charge in [-0.05, 0) is 38.1 Å². The first kappa shape index (κ1) is 13.9. The minimum absolute atomic E-state index is 0.0990. The third kappa shape index (κ3) is 3.98. The van der Waals surface area contributed by atoms with Gasteiger partial charge in [0.15, 0.2) is 11.6 Å². The van der Waals surface area contributed by atoms with Crippen LogP contribution in [0.1, 0.15) is 24.9 Å². The zero-order chi connectivity index (χ0) is 12.7. The Labute approximate surface area is 102 Å². The summed E-state index contributed by atoms with van der Waals surface area (Å²) in [5.41, 5.74) is 0.908. The van der Waals surface area contributed by atoms with E-state index in [0.717, 1.165) is 12.0 Å². The van der Waals surface area contributed by atoms with Crippen molar-refractivity contribution in [2.75, 3.05) is 27.4 Å². The van der Waals surface area contributed by atoms with Crippen LogP contribution in [0, 0.1) is 5.82 Å². The second-order valence-corrected chi connectivity index (χ2v) is 3.72. The number of halogens is 1. The van der Waals surface area contributed by atoms with Crippen molar-refractivity contribution < 1.29 is 13.9 Å². The molecular weight excluding hydrogens is 221 g/mol. The van der Waals surface area contributed by atoms with Crippen LogP contribution in [0.5, 0.6) is 5.75 Å². The third-order valence-corrected chi connectivity index (χ3v) is 2.68. The fourth-order valence-electron chi connectivity index (χ4n) is 1.72. The van der Waals surface area contributed by atoms with Crippen LogP contribution in [0.15, 0.2) is 18.2 Å². The second-order valence-electron chi connectivity index (χ2n) is 3.72. The van der Waals surface area contributed by atoms with Crippen LogP contribution in [0.25, 0.3) is 0 Å². The normalized spacial score (nSPS) is 12.5. The van der Waals surface area contributed by atoms with E-state index >= 15 is 0 Å². The van der Waals surface area contributed by atoms with Crippen molar-refractivity contribution >= 4 is 0 Å². The Morgan fingerprint density at radius 1 is 1.41 bits per heavy atom. The summed E-state index contributed by atoms with van der Waals surface area (Å²) in [6.07, 6.45) is 0.816. The third-order valence-electron chi connectivity index (χ3n) is 2.68. The van der Waals surface area contributed by atoms with Crippen LogP contribution in [0.2, 0.25) is 0 Å². The molecule has 0 radical (unpaired) electrons. The standard InChI is InChI=1S/C13H20FNO2/c1-4-17-8-7-12(15-2)10-5-6-13(16-3)11(14)9-10/h5-6,9,12,15H,4,7-8H2,1-3H3. The molecule has 1 aromatic carbocycles. The molecule has 1 atom stereocenters. The van der Waals surface area contributed by atoms with Crippen molar-refractivity contribution in [1.29, 1.82) is 0 Å². The molecule has 1 unspecified atom stereocenters. The van der Waals surface area contributed by atoms with Gasteiger partial charge in [0.2, 0.25) is 0 Å². The molecule has 0 heterocycles. The molecule has 1 rings (SSSR count). The van der Waals surface area contributed by atoms with E-state index in [0.29, 0.717) is 13.2 Å².